The summed E-state index contributed by atoms with van der Waals surface area (Å²) in [7, 11) is 2.23. The van der Waals surface area contributed by atoms with Crippen LogP contribution >= 0.6 is 23.2 Å². The molecule has 0 amide bonds. The van der Waals surface area contributed by atoms with Crippen LogP contribution < -0.4 is 10.6 Å². The van der Waals surface area contributed by atoms with Gasteiger partial charge in [-0.3, -0.25) is 4.90 Å². The van der Waals surface area contributed by atoms with E-state index < -0.39 is 23.7 Å². The van der Waals surface area contributed by atoms with Crippen molar-refractivity contribution in [1.29, 1.82) is 5.26 Å². The molecule has 0 saturated carbocycles. The third kappa shape index (κ3) is 3.88. The van der Waals surface area contributed by atoms with Crippen LogP contribution in [0.1, 0.15) is 11.5 Å². The van der Waals surface area contributed by atoms with Gasteiger partial charge in [0, 0.05) is 0 Å². The normalized spacial score (nSPS) is 16.0. The van der Waals surface area contributed by atoms with Gasteiger partial charge in [0.2, 0.25) is 0 Å². The molecule has 3 rings (SSSR count). The third-order valence-electron chi connectivity index (χ3n) is 4.82. The van der Waals surface area contributed by atoms with Gasteiger partial charge in [-0.1, -0.05) is 53.5 Å². The molecule has 1 aliphatic heterocycles. The second kappa shape index (κ2) is 9.30. The minimum Gasteiger partial charge on any atom is -0.466 e. The number of benzene rings is 2. The number of nitrogens with two attached hydrogens (primary N) is 1. The van der Waals surface area contributed by atoms with Gasteiger partial charge in [0.05, 0.1) is 53.1 Å². The lowest BCUT2D eigenvalue weighted by Gasteiger charge is -2.36. The zero-order valence-corrected chi connectivity index (χ0v) is 18.4. The van der Waals surface area contributed by atoms with Gasteiger partial charge in [-0.25, -0.2) is 14.0 Å². The van der Waals surface area contributed by atoms with Crippen molar-refractivity contribution in [1.82, 2.24) is 0 Å². The van der Waals surface area contributed by atoms with Crippen molar-refractivity contribution in [3.63, 3.8) is 0 Å². The minimum absolute atomic E-state index is 0.0688. The molecule has 1 unspecified atom stereocenters. The Morgan fingerprint density at radius 1 is 1.09 bits per heavy atom. The zero-order valence-electron chi connectivity index (χ0n) is 16.9. The van der Waals surface area contributed by atoms with Crippen molar-refractivity contribution in [2.24, 2.45) is 5.73 Å². The van der Waals surface area contributed by atoms with Crippen LogP contribution in [0.2, 0.25) is 10.0 Å². The fraction of sp³-hybridized carbons (Fsp3) is 0.136. The van der Waals surface area contributed by atoms with Gasteiger partial charge < -0.3 is 15.2 Å². The average molecular weight is 476 g/mol. The number of halogens is 3. The van der Waals surface area contributed by atoms with Gasteiger partial charge in [0.15, 0.2) is 0 Å². The summed E-state index contributed by atoms with van der Waals surface area (Å²) in [6.45, 7) is 0. The molecule has 2 aromatic rings. The number of hydrogen-bond acceptors (Lipinski definition) is 7. The summed E-state index contributed by atoms with van der Waals surface area (Å²) in [5.41, 5.74) is 6.09. The van der Waals surface area contributed by atoms with Gasteiger partial charge in [0.1, 0.15) is 17.3 Å². The number of esters is 2. The SMILES string of the molecule is COC(=O)C1=C(C(=O)OC)N(c2c(Cl)cc(F)cc2Cl)C(N)=C(C#N)C1c1ccccc1. The van der Waals surface area contributed by atoms with Crippen molar-refractivity contribution in [2.45, 2.75) is 5.92 Å². The van der Waals surface area contributed by atoms with Crippen LogP contribution in [0.15, 0.2) is 65.1 Å². The molecule has 0 aliphatic carbocycles. The molecule has 0 bridgehead atoms. The van der Waals surface area contributed by atoms with Crippen LogP contribution in [0.5, 0.6) is 0 Å². The first-order chi connectivity index (χ1) is 15.3. The van der Waals surface area contributed by atoms with Gasteiger partial charge in [0.25, 0.3) is 0 Å². The fourth-order valence-electron chi connectivity index (χ4n) is 3.49. The number of carbonyl (C=O) groups is 2. The Hall–Kier alpha value is -3.54. The molecule has 1 atom stereocenters. The Labute approximate surface area is 193 Å². The molecule has 0 radical (unpaired) electrons. The molecule has 10 heteroatoms. The van der Waals surface area contributed by atoms with Crippen molar-refractivity contribution < 1.29 is 23.5 Å². The summed E-state index contributed by atoms with van der Waals surface area (Å²) in [4.78, 5) is 26.9. The van der Waals surface area contributed by atoms with Gasteiger partial charge in [-0.15, -0.1) is 0 Å². The Morgan fingerprint density at radius 2 is 1.66 bits per heavy atom. The zero-order chi connectivity index (χ0) is 23.6. The van der Waals surface area contributed by atoms with E-state index in [-0.39, 0.29) is 38.4 Å². The molecule has 0 saturated heterocycles. The molecule has 0 aromatic heterocycles. The van der Waals surface area contributed by atoms with Crippen molar-refractivity contribution in [2.75, 3.05) is 19.1 Å². The van der Waals surface area contributed by atoms with E-state index in [0.717, 1.165) is 31.3 Å². The molecule has 2 N–H and O–H groups in total. The van der Waals surface area contributed by atoms with Gasteiger partial charge >= 0.3 is 11.9 Å². The Bertz CT molecular complexity index is 1180. The van der Waals surface area contributed by atoms with Crippen LogP contribution in [0.3, 0.4) is 0 Å². The van der Waals surface area contributed by atoms with E-state index in [1.165, 1.54) is 0 Å². The summed E-state index contributed by atoms with van der Waals surface area (Å²) < 4.78 is 23.7. The van der Waals surface area contributed by atoms with Gasteiger partial charge in [-0.2, -0.15) is 5.26 Å². The number of ether oxygens (including phenoxy) is 2. The van der Waals surface area contributed by atoms with Crippen molar-refractivity contribution in [3.05, 3.63) is 86.6 Å². The number of methoxy groups -OCH3 is 2. The number of nitriles is 1. The van der Waals surface area contributed by atoms with E-state index in [2.05, 4.69) is 0 Å². The Kier molecular flexibility index (Phi) is 6.72. The maximum Gasteiger partial charge on any atom is 0.355 e. The molecular weight excluding hydrogens is 460 g/mol. The summed E-state index contributed by atoms with van der Waals surface area (Å²) in [6.07, 6.45) is 0. The lowest BCUT2D eigenvalue weighted by atomic mass is 9.81. The lowest BCUT2D eigenvalue weighted by molar-refractivity contribution is -0.139. The molecule has 1 heterocycles. The molecule has 1 aliphatic rings. The lowest BCUT2D eigenvalue weighted by Crippen LogP contribution is -2.41. The maximum absolute atomic E-state index is 13.8. The molecule has 2 aromatic carbocycles. The van der Waals surface area contributed by atoms with E-state index in [4.69, 9.17) is 38.4 Å². The molecular formula is C22H16Cl2FN3O4. The molecule has 0 spiro atoms. The fourth-order valence-corrected chi connectivity index (χ4v) is 4.12. The van der Waals surface area contributed by atoms with Crippen LogP contribution in [0, 0.1) is 17.1 Å². The molecule has 7 nitrogen and oxygen atoms in total. The maximum atomic E-state index is 13.8. The van der Waals surface area contributed by atoms with Crippen LogP contribution in [-0.4, -0.2) is 26.2 Å². The summed E-state index contributed by atoms with van der Waals surface area (Å²) in [5.74, 6) is -3.88. The number of rotatable bonds is 4. The average Bonchev–Trinajstić information content (AvgIpc) is 2.78. The highest BCUT2D eigenvalue weighted by Crippen LogP contribution is 2.46. The number of carbonyl (C=O) groups excluding carboxylic acids is 2. The van der Waals surface area contributed by atoms with Crippen molar-refractivity contribution in [3.8, 4) is 6.07 Å². The highest BCUT2D eigenvalue weighted by atomic mass is 35.5. The topological polar surface area (TPSA) is 106 Å². The predicted molar refractivity (Wildman–Crippen MR) is 116 cm³/mol. The largest absolute Gasteiger partial charge is 0.466 e. The Morgan fingerprint density at radius 3 is 2.16 bits per heavy atom. The predicted octanol–water partition coefficient (Wildman–Crippen LogP) is 4.03. The molecule has 164 valence electrons. The van der Waals surface area contributed by atoms with E-state index >= 15 is 0 Å². The minimum atomic E-state index is -1.04. The summed E-state index contributed by atoms with van der Waals surface area (Å²) in [6, 6.07) is 12.4. The molecule has 32 heavy (non-hydrogen) atoms. The number of allylic oxidation sites excluding steroid dienone is 1. The highest BCUT2D eigenvalue weighted by Gasteiger charge is 2.44. The monoisotopic (exact) mass is 475 g/mol. The van der Waals surface area contributed by atoms with E-state index in [1.807, 2.05) is 6.07 Å². The van der Waals surface area contributed by atoms with E-state index in [9.17, 15) is 19.2 Å². The van der Waals surface area contributed by atoms with Gasteiger partial charge in [-0.05, 0) is 17.7 Å². The standard InChI is InChI=1S/C22H16Cl2FN3O4/c1-31-21(29)17-16(11-6-4-3-5-7-11)13(10-26)20(27)28(19(17)22(30)32-2)18-14(23)8-12(25)9-15(18)24/h3-9,16H,27H2,1-2H3. The quantitative estimate of drug-likeness (QED) is 0.665. The third-order valence-corrected chi connectivity index (χ3v) is 5.39. The molecule has 0 fully saturated rings. The van der Waals surface area contributed by atoms with E-state index in [1.54, 1.807) is 30.3 Å². The van der Waals surface area contributed by atoms with Crippen molar-refractivity contribution >= 4 is 40.8 Å². The second-order valence-electron chi connectivity index (χ2n) is 6.55. The number of anilines is 1. The number of hydrogen-bond donors (Lipinski definition) is 1. The first kappa shape index (κ1) is 23.1. The summed E-state index contributed by atoms with van der Waals surface area (Å²) >= 11 is 12.5. The van der Waals surface area contributed by atoms with Crippen LogP contribution in [-0.2, 0) is 19.1 Å². The second-order valence-corrected chi connectivity index (χ2v) is 7.37. The smallest absolute Gasteiger partial charge is 0.355 e. The number of nitrogens with zero attached hydrogens (tertiary/aromatic N) is 2. The van der Waals surface area contributed by atoms with E-state index in [0.29, 0.717) is 5.56 Å². The summed E-state index contributed by atoms with van der Waals surface area (Å²) in [5, 5.41) is 9.55. The Balaban J connectivity index is 2.48. The van der Waals surface area contributed by atoms with Crippen LogP contribution in [0.25, 0.3) is 0 Å². The first-order valence-electron chi connectivity index (χ1n) is 9.06. The highest BCUT2D eigenvalue weighted by molar-refractivity contribution is 6.39. The van der Waals surface area contributed by atoms with Crippen LogP contribution in [0.4, 0.5) is 10.1 Å². The first-order valence-corrected chi connectivity index (χ1v) is 9.82.